The van der Waals surface area contributed by atoms with E-state index in [1.165, 1.54) is 45.9 Å². The van der Waals surface area contributed by atoms with E-state index >= 15 is 0 Å². The van der Waals surface area contributed by atoms with Gasteiger partial charge in [0.1, 0.15) is 37.9 Å². The zero-order chi connectivity index (χ0) is 30.6. The zero-order valence-corrected chi connectivity index (χ0v) is 25.1. The lowest BCUT2D eigenvalue weighted by Gasteiger charge is -2.34. The Balaban J connectivity index is 1.36. The van der Waals surface area contributed by atoms with E-state index in [1.54, 1.807) is 0 Å². The van der Waals surface area contributed by atoms with Crippen LogP contribution in [0.3, 0.4) is 0 Å². The molecule has 0 unspecified atom stereocenters. The monoisotopic (exact) mass is 590 g/mol. The molecule has 0 heterocycles. The minimum Gasteiger partial charge on any atom is -0.498 e. The third-order valence-electron chi connectivity index (χ3n) is 8.62. The number of fused-ring (bicyclic) bond motifs is 5. The van der Waals surface area contributed by atoms with Gasteiger partial charge in [-0.2, -0.15) is 0 Å². The van der Waals surface area contributed by atoms with E-state index < -0.39 is 5.41 Å². The highest BCUT2D eigenvalue weighted by Gasteiger charge is 2.46. The van der Waals surface area contributed by atoms with E-state index in [9.17, 15) is 0 Å². The van der Waals surface area contributed by atoms with Crippen molar-refractivity contribution in [3.63, 3.8) is 0 Å². The van der Waals surface area contributed by atoms with Crippen molar-refractivity contribution in [1.29, 1.82) is 0 Å². The molecular weight excluding hydrogens is 556 g/mol. The van der Waals surface area contributed by atoms with Gasteiger partial charge in [0.05, 0.1) is 17.9 Å². The van der Waals surface area contributed by atoms with Crippen LogP contribution in [0, 0.1) is 0 Å². The van der Waals surface area contributed by atoms with Gasteiger partial charge in [-0.15, -0.1) is 0 Å². The molecule has 0 bridgehead atoms. The summed E-state index contributed by atoms with van der Waals surface area (Å²) in [7, 11) is 0. The van der Waals surface area contributed by atoms with Crippen LogP contribution in [-0.4, -0.2) is 26.4 Å². The second-order valence-corrected chi connectivity index (χ2v) is 11.1. The summed E-state index contributed by atoms with van der Waals surface area (Å²) in [5, 5.41) is 4.57. The van der Waals surface area contributed by atoms with Crippen LogP contribution in [0.25, 0.3) is 32.7 Å². The lowest BCUT2D eigenvalue weighted by Crippen LogP contribution is -2.28. The van der Waals surface area contributed by atoms with Crippen molar-refractivity contribution in [2.75, 3.05) is 26.4 Å². The Morgan fingerprint density at radius 1 is 0.467 bits per heavy atom. The van der Waals surface area contributed by atoms with Crippen molar-refractivity contribution < 1.29 is 18.9 Å². The smallest absolute Gasteiger partial charge is 0.122 e. The molecule has 0 saturated carbocycles. The molecule has 0 radical (unpaired) electrons. The average Bonchev–Trinajstić information content (AvgIpc) is 3.39. The molecule has 1 aliphatic carbocycles. The second-order valence-electron chi connectivity index (χ2n) is 11.1. The van der Waals surface area contributed by atoms with Crippen molar-refractivity contribution in [1.82, 2.24) is 0 Å². The van der Waals surface area contributed by atoms with Gasteiger partial charge < -0.3 is 18.9 Å². The largest absolute Gasteiger partial charge is 0.498 e. The first kappa shape index (κ1) is 28.3. The Labute approximate surface area is 263 Å². The Hall–Kier alpha value is -5.48. The molecule has 0 atom stereocenters. The fourth-order valence-corrected chi connectivity index (χ4v) is 6.70. The van der Waals surface area contributed by atoms with Gasteiger partial charge in [0.15, 0.2) is 0 Å². The Kier molecular flexibility index (Phi) is 7.71. The molecule has 7 rings (SSSR count). The van der Waals surface area contributed by atoms with Crippen LogP contribution in [-0.2, 0) is 14.9 Å². The number of ether oxygens (including phenoxy) is 4. The molecule has 0 spiro atoms. The predicted molar refractivity (Wildman–Crippen MR) is 182 cm³/mol. The third-order valence-corrected chi connectivity index (χ3v) is 8.62. The van der Waals surface area contributed by atoms with E-state index in [0.29, 0.717) is 26.4 Å². The van der Waals surface area contributed by atoms with E-state index in [2.05, 4.69) is 122 Å². The lowest BCUT2D eigenvalue weighted by atomic mass is 9.67. The van der Waals surface area contributed by atoms with Gasteiger partial charge in [-0.3, -0.25) is 0 Å². The van der Waals surface area contributed by atoms with Crippen molar-refractivity contribution in [2.24, 2.45) is 0 Å². The van der Waals surface area contributed by atoms with E-state index in [0.717, 1.165) is 33.0 Å². The van der Waals surface area contributed by atoms with Crippen LogP contribution >= 0.6 is 0 Å². The highest BCUT2D eigenvalue weighted by Crippen LogP contribution is 2.56. The van der Waals surface area contributed by atoms with E-state index in [1.807, 2.05) is 12.1 Å². The lowest BCUT2D eigenvalue weighted by molar-refractivity contribution is 0.180. The van der Waals surface area contributed by atoms with Gasteiger partial charge >= 0.3 is 0 Å². The van der Waals surface area contributed by atoms with Gasteiger partial charge in [0.2, 0.25) is 0 Å². The molecule has 222 valence electrons. The highest BCUT2D eigenvalue weighted by molar-refractivity contribution is 5.92. The van der Waals surface area contributed by atoms with E-state index in [4.69, 9.17) is 18.9 Å². The van der Waals surface area contributed by atoms with Crippen LogP contribution in [0.2, 0.25) is 0 Å². The number of rotatable bonds is 12. The van der Waals surface area contributed by atoms with Gasteiger partial charge in [-0.05, 0) is 91.3 Å². The number of hydrogen-bond acceptors (Lipinski definition) is 4. The Morgan fingerprint density at radius 2 is 0.889 bits per heavy atom. The molecule has 0 aliphatic heterocycles. The zero-order valence-electron chi connectivity index (χ0n) is 25.1. The standard InChI is InChI=1S/C41H34O4/c1-3-42-21-23-44-35-19-15-29-25-33(17-13-31(29)27-35)41(39-11-7-5-9-37(39)38-10-6-8-12-40(38)41)34-18-14-32-28-36(20-16-30(32)26-34)45-24-22-43-4-2/h3-20,25-28H,1-2,21-24H2. The maximum absolute atomic E-state index is 5.92. The Bertz CT molecular complexity index is 1880. The maximum atomic E-state index is 5.92. The molecule has 4 heteroatoms. The summed E-state index contributed by atoms with van der Waals surface area (Å²) in [5.74, 6) is 1.64. The van der Waals surface area contributed by atoms with Gasteiger partial charge in [0, 0.05) is 0 Å². The molecule has 4 nitrogen and oxygen atoms in total. The van der Waals surface area contributed by atoms with Crippen molar-refractivity contribution in [2.45, 2.75) is 5.41 Å². The van der Waals surface area contributed by atoms with Crippen LogP contribution < -0.4 is 9.47 Å². The fraction of sp³-hybridized carbons (Fsp3) is 0.122. The number of benzene rings is 6. The molecule has 6 aromatic carbocycles. The highest BCUT2D eigenvalue weighted by atomic mass is 16.5. The van der Waals surface area contributed by atoms with Gasteiger partial charge in [0.25, 0.3) is 0 Å². The normalized spacial score (nSPS) is 12.7. The quantitative estimate of drug-likeness (QED) is 0.105. The molecule has 45 heavy (non-hydrogen) atoms. The van der Waals surface area contributed by atoms with Crippen LogP contribution in [0.15, 0.2) is 147 Å². The molecule has 1 aliphatic rings. The van der Waals surface area contributed by atoms with Crippen LogP contribution in [0.4, 0.5) is 0 Å². The summed E-state index contributed by atoms with van der Waals surface area (Å²) in [6, 6.07) is 43.8. The summed E-state index contributed by atoms with van der Waals surface area (Å²) < 4.78 is 22.3. The summed E-state index contributed by atoms with van der Waals surface area (Å²) >= 11 is 0. The first-order chi connectivity index (χ1) is 22.2. The molecule has 0 N–H and O–H groups in total. The average molecular weight is 591 g/mol. The van der Waals surface area contributed by atoms with Gasteiger partial charge in [-0.1, -0.05) is 98.1 Å². The molecule has 0 fully saturated rings. The first-order valence-corrected chi connectivity index (χ1v) is 15.2. The van der Waals surface area contributed by atoms with Crippen molar-refractivity contribution in [3.8, 4) is 22.6 Å². The minimum atomic E-state index is -0.496. The molecule has 0 aromatic heterocycles. The van der Waals surface area contributed by atoms with Crippen LogP contribution in [0.1, 0.15) is 22.3 Å². The summed E-state index contributed by atoms with van der Waals surface area (Å²) in [6.45, 7) is 9.03. The second kappa shape index (κ2) is 12.3. The molecule has 0 saturated heterocycles. The van der Waals surface area contributed by atoms with E-state index in [-0.39, 0.29) is 0 Å². The predicted octanol–water partition coefficient (Wildman–Crippen LogP) is 9.43. The van der Waals surface area contributed by atoms with Crippen LogP contribution in [0.5, 0.6) is 11.5 Å². The molecule has 0 amide bonds. The fourth-order valence-electron chi connectivity index (χ4n) is 6.70. The maximum Gasteiger partial charge on any atom is 0.122 e. The topological polar surface area (TPSA) is 36.9 Å². The number of hydrogen-bond donors (Lipinski definition) is 0. The molecule has 6 aromatic rings. The Morgan fingerprint density at radius 3 is 1.36 bits per heavy atom. The van der Waals surface area contributed by atoms with Crippen molar-refractivity contribution in [3.05, 3.63) is 169 Å². The minimum absolute atomic E-state index is 0.464. The summed E-state index contributed by atoms with van der Waals surface area (Å²) in [6.07, 6.45) is 2.87. The SMILES string of the molecule is C=COCCOc1ccc2cc(C3(c4ccc5cc(OCCOC=C)ccc5c4)c4ccccc4-c4ccccc43)ccc2c1. The van der Waals surface area contributed by atoms with Crippen molar-refractivity contribution >= 4 is 21.5 Å². The summed E-state index contributed by atoms with van der Waals surface area (Å²) in [4.78, 5) is 0. The van der Waals surface area contributed by atoms with Gasteiger partial charge in [-0.25, -0.2) is 0 Å². The molecular formula is C41H34O4. The summed E-state index contributed by atoms with van der Waals surface area (Å²) in [5.41, 5.74) is 7.06. The third kappa shape index (κ3) is 5.08. The first-order valence-electron chi connectivity index (χ1n) is 15.2.